The Hall–Kier alpha value is -2.00. The maximum Gasteiger partial charge on any atom is 0.123 e. The van der Waals surface area contributed by atoms with Gasteiger partial charge in [-0.15, -0.1) is 0 Å². The number of hydrogen-bond acceptors (Lipinski definition) is 3. The average Bonchev–Trinajstić information content (AvgIpc) is 2.48. The van der Waals surface area contributed by atoms with E-state index >= 15 is 0 Å². The summed E-state index contributed by atoms with van der Waals surface area (Å²) in [6, 6.07) is 16.1. The van der Waals surface area contributed by atoms with Gasteiger partial charge in [-0.05, 0) is 12.1 Å². The molecule has 2 aromatic rings. The molecule has 1 N–H and O–H groups in total. The second kappa shape index (κ2) is 6.81. The average molecular weight is 257 g/mol. The van der Waals surface area contributed by atoms with Crippen LogP contribution >= 0.6 is 0 Å². The lowest BCUT2D eigenvalue weighted by atomic mass is 10.1. The quantitative estimate of drug-likeness (QED) is 0.863. The number of hydrogen-bond donors (Lipinski definition) is 1. The van der Waals surface area contributed by atoms with Gasteiger partial charge in [0.15, 0.2) is 0 Å². The first-order chi connectivity index (χ1) is 9.35. The molecule has 0 spiro atoms. The lowest BCUT2D eigenvalue weighted by Crippen LogP contribution is -2.14. The SMILES string of the molecule is COc1ccccc1CNCc1ccccc1OC. The van der Waals surface area contributed by atoms with Crippen molar-refractivity contribution in [3.63, 3.8) is 0 Å². The summed E-state index contributed by atoms with van der Waals surface area (Å²) in [4.78, 5) is 0. The van der Waals surface area contributed by atoms with Crippen LogP contribution in [0.25, 0.3) is 0 Å². The van der Waals surface area contributed by atoms with Crippen molar-refractivity contribution in [3.05, 3.63) is 59.7 Å². The molecule has 19 heavy (non-hydrogen) atoms. The molecule has 100 valence electrons. The van der Waals surface area contributed by atoms with E-state index in [0.717, 1.165) is 35.7 Å². The Balaban J connectivity index is 1.96. The van der Waals surface area contributed by atoms with Crippen LogP contribution < -0.4 is 14.8 Å². The van der Waals surface area contributed by atoms with Crippen molar-refractivity contribution >= 4 is 0 Å². The zero-order valence-corrected chi connectivity index (χ0v) is 11.3. The van der Waals surface area contributed by atoms with Gasteiger partial charge in [0.05, 0.1) is 14.2 Å². The fourth-order valence-corrected chi connectivity index (χ4v) is 2.03. The van der Waals surface area contributed by atoms with Gasteiger partial charge in [0.2, 0.25) is 0 Å². The number of methoxy groups -OCH3 is 2. The van der Waals surface area contributed by atoms with Gasteiger partial charge < -0.3 is 14.8 Å². The predicted octanol–water partition coefficient (Wildman–Crippen LogP) is 2.99. The van der Waals surface area contributed by atoms with Crippen LogP contribution in [0.5, 0.6) is 11.5 Å². The molecule has 0 aliphatic rings. The first-order valence-corrected chi connectivity index (χ1v) is 6.29. The molecule has 2 aromatic carbocycles. The highest BCUT2D eigenvalue weighted by molar-refractivity contribution is 5.34. The molecular formula is C16H19NO2. The van der Waals surface area contributed by atoms with Crippen molar-refractivity contribution < 1.29 is 9.47 Å². The van der Waals surface area contributed by atoms with Crippen LogP contribution in [-0.4, -0.2) is 14.2 Å². The van der Waals surface area contributed by atoms with Gasteiger partial charge >= 0.3 is 0 Å². The monoisotopic (exact) mass is 257 g/mol. The molecule has 0 fully saturated rings. The number of nitrogens with one attached hydrogen (secondary N) is 1. The smallest absolute Gasteiger partial charge is 0.123 e. The summed E-state index contributed by atoms with van der Waals surface area (Å²) in [6.45, 7) is 1.53. The highest BCUT2D eigenvalue weighted by atomic mass is 16.5. The van der Waals surface area contributed by atoms with Gasteiger partial charge in [0.1, 0.15) is 11.5 Å². The normalized spacial score (nSPS) is 10.2. The van der Waals surface area contributed by atoms with Crippen LogP contribution in [0.2, 0.25) is 0 Å². The molecule has 0 aliphatic heterocycles. The molecule has 0 aliphatic carbocycles. The molecule has 3 nitrogen and oxygen atoms in total. The molecule has 0 atom stereocenters. The van der Waals surface area contributed by atoms with Gasteiger partial charge in [0, 0.05) is 24.2 Å². The van der Waals surface area contributed by atoms with E-state index in [0.29, 0.717) is 0 Å². The zero-order valence-electron chi connectivity index (χ0n) is 11.3. The Labute approximate surface area is 114 Å². The van der Waals surface area contributed by atoms with E-state index in [1.165, 1.54) is 0 Å². The minimum absolute atomic E-state index is 0.766. The molecule has 0 bridgehead atoms. The van der Waals surface area contributed by atoms with Gasteiger partial charge in [0.25, 0.3) is 0 Å². The maximum absolute atomic E-state index is 5.33. The Kier molecular flexibility index (Phi) is 4.81. The lowest BCUT2D eigenvalue weighted by molar-refractivity contribution is 0.404. The van der Waals surface area contributed by atoms with Crippen molar-refractivity contribution in [3.8, 4) is 11.5 Å². The van der Waals surface area contributed by atoms with E-state index < -0.39 is 0 Å². The van der Waals surface area contributed by atoms with Crippen molar-refractivity contribution in [2.24, 2.45) is 0 Å². The molecular weight excluding hydrogens is 238 g/mol. The van der Waals surface area contributed by atoms with Crippen LogP contribution in [-0.2, 0) is 13.1 Å². The van der Waals surface area contributed by atoms with Crippen LogP contribution in [0.1, 0.15) is 11.1 Å². The second-order valence-corrected chi connectivity index (χ2v) is 4.23. The summed E-state index contributed by atoms with van der Waals surface area (Å²) in [6.07, 6.45) is 0. The third-order valence-electron chi connectivity index (χ3n) is 3.02. The highest BCUT2D eigenvalue weighted by Crippen LogP contribution is 2.19. The van der Waals surface area contributed by atoms with E-state index in [-0.39, 0.29) is 0 Å². The van der Waals surface area contributed by atoms with Crippen molar-refractivity contribution in [2.75, 3.05) is 14.2 Å². The van der Waals surface area contributed by atoms with Crippen LogP contribution in [0.4, 0.5) is 0 Å². The standard InChI is InChI=1S/C16H19NO2/c1-18-15-9-5-3-7-13(15)11-17-12-14-8-4-6-10-16(14)19-2/h3-10,17H,11-12H2,1-2H3. The third kappa shape index (κ3) is 3.48. The van der Waals surface area contributed by atoms with Crippen LogP contribution in [0.15, 0.2) is 48.5 Å². The minimum Gasteiger partial charge on any atom is -0.496 e. The summed E-state index contributed by atoms with van der Waals surface area (Å²) >= 11 is 0. The first-order valence-electron chi connectivity index (χ1n) is 6.29. The Bertz CT molecular complexity index is 478. The summed E-state index contributed by atoms with van der Waals surface area (Å²) < 4.78 is 10.7. The molecule has 0 amide bonds. The zero-order chi connectivity index (χ0) is 13.5. The summed E-state index contributed by atoms with van der Waals surface area (Å²) in [7, 11) is 3.39. The Morgan fingerprint density at radius 1 is 0.737 bits per heavy atom. The van der Waals surface area contributed by atoms with E-state index in [1.807, 2.05) is 36.4 Å². The van der Waals surface area contributed by atoms with Gasteiger partial charge in [-0.3, -0.25) is 0 Å². The Morgan fingerprint density at radius 2 is 1.16 bits per heavy atom. The minimum atomic E-state index is 0.766. The van der Waals surface area contributed by atoms with E-state index in [4.69, 9.17) is 9.47 Å². The maximum atomic E-state index is 5.33. The topological polar surface area (TPSA) is 30.5 Å². The summed E-state index contributed by atoms with van der Waals surface area (Å²) in [5.74, 6) is 1.82. The number of rotatable bonds is 6. The molecule has 0 aromatic heterocycles. The van der Waals surface area contributed by atoms with Crippen molar-refractivity contribution in [1.82, 2.24) is 5.32 Å². The first kappa shape index (κ1) is 13.4. The molecule has 0 radical (unpaired) electrons. The number of para-hydroxylation sites is 2. The van der Waals surface area contributed by atoms with Gasteiger partial charge in [-0.25, -0.2) is 0 Å². The second-order valence-electron chi connectivity index (χ2n) is 4.23. The molecule has 0 saturated heterocycles. The fraction of sp³-hybridized carbons (Fsp3) is 0.250. The van der Waals surface area contributed by atoms with E-state index in [9.17, 15) is 0 Å². The van der Waals surface area contributed by atoms with Crippen molar-refractivity contribution in [2.45, 2.75) is 13.1 Å². The van der Waals surface area contributed by atoms with Gasteiger partial charge in [-0.1, -0.05) is 36.4 Å². The summed E-state index contributed by atoms with van der Waals surface area (Å²) in [5, 5.41) is 3.41. The van der Waals surface area contributed by atoms with E-state index in [2.05, 4.69) is 17.4 Å². The molecule has 0 unspecified atom stereocenters. The predicted molar refractivity (Wildman–Crippen MR) is 76.5 cm³/mol. The van der Waals surface area contributed by atoms with Crippen LogP contribution in [0.3, 0.4) is 0 Å². The highest BCUT2D eigenvalue weighted by Gasteiger charge is 2.03. The summed E-state index contributed by atoms with van der Waals surface area (Å²) in [5.41, 5.74) is 2.31. The third-order valence-corrected chi connectivity index (χ3v) is 3.02. The molecule has 0 heterocycles. The molecule has 3 heteroatoms. The largest absolute Gasteiger partial charge is 0.496 e. The number of benzene rings is 2. The van der Waals surface area contributed by atoms with Crippen molar-refractivity contribution in [1.29, 1.82) is 0 Å². The lowest BCUT2D eigenvalue weighted by Gasteiger charge is -2.11. The molecule has 0 saturated carbocycles. The van der Waals surface area contributed by atoms with E-state index in [1.54, 1.807) is 14.2 Å². The Morgan fingerprint density at radius 3 is 1.58 bits per heavy atom. The van der Waals surface area contributed by atoms with Crippen LogP contribution in [0, 0.1) is 0 Å². The van der Waals surface area contributed by atoms with Gasteiger partial charge in [-0.2, -0.15) is 0 Å². The fourth-order valence-electron chi connectivity index (χ4n) is 2.03. The molecule has 2 rings (SSSR count). The number of ether oxygens (including phenoxy) is 2.